The van der Waals surface area contributed by atoms with Gasteiger partial charge in [-0.2, -0.15) is 0 Å². The molecule has 0 spiro atoms. The number of hydrogen-bond acceptors (Lipinski definition) is 4. The molecule has 1 fully saturated rings. The first-order valence-electron chi connectivity index (χ1n) is 5.88. The summed E-state index contributed by atoms with van der Waals surface area (Å²) in [7, 11) is 0. The standard InChI is InChI=1S/C13H18O4/c14-8-12-6-11(7-13(15)17-12)16-9-10-4-2-1-3-5-10/h1-5,11-15H,6-9H2/t11-,12-,13-/m0/s1. The van der Waals surface area contributed by atoms with Crippen molar-refractivity contribution in [3.05, 3.63) is 35.9 Å². The second-order valence-electron chi connectivity index (χ2n) is 4.29. The highest BCUT2D eigenvalue weighted by Crippen LogP contribution is 2.21. The summed E-state index contributed by atoms with van der Waals surface area (Å²) in [6.07, 6.45) is -0.124. The van der Waals surface area contributed by atoms with Gasteiger partial charge in [0.2, 0.25) is 0 Å². The molecule has 0 radical (unpaired) electrons. The highest BCUT2D eigenvalue weighted by Gasteiger charge is 2.28. The Bertz CT molecular complexity index is 327. The van der Waals surface area contributed by atoms with Gasteiger partial charge in [-0.25, -0.2) is 0 Å². The smallest absolute Gasteiger partial charge is 0.157 e. The predicted octanol–water partition coefficient (Wildman–Crippen LogP) is 1.06. The van der Waals surface area contributed by atoms with Crippen LogP contribution in [0.25, 0.3) is 0 Å². The van der Waals surface area contributed by atoms with Gasteiger partial charge in [-0.05, 0) is 5.56 Å². The summed E-state index contributed by atoms with van der Waals surface area (Å²) in [5.41, 5.74) is 1.11. The molecule has 17 heavy (non-hydrogen) atoms. The quantitative estimate of drug-likeness (QED) is 0.823. The molecule has 3 atom stereocenters. The Morgan fingerprint density at radius 3 is 2.71 bits per heavy atom. The molecule has 1 aromatic carbocycles. The van der Waals surface area contributed by atoms with E-state index < -0.39 is 6.29 Å². The van der Waals surface area contributed by atoms with E-state index >= 15 is 0 Å². The lowest BCUT2D eigenvalue weighted by Crippen LogP contribution is -2.38. The minimum absolute atomic E-state index is 0.0592. The Kier molecular flexibility index (Phi) is 4.50. The molecule has 1 aromatic rings. The van der Waals surface area contributed by atoms with Crippen LogP contribution in [-0.4, -0.2) is 35.3 Å². The van der Waals surface area contributed by atoms with E-state index in [9.17, 15) is 5.11 Å². The van der Waals surface area contributed by atoms with Gasteiger partial charge in [0.25, 0.3) is 0 Å². The third-order valence-corrected chi connectivity index (χ3v) is 2.87. The summed E-state index contributed by atoms with van der Waals surface area (Å²) in [6, 6.07) is 9.89. The second kappa shape index (κ2) is 6.12. The maximum absolute atomic E-state index is 9.46. The van der Waals surface area contributed by atoms with Crippen molar-refractivity contribution in [2.75, 3.05) is 6.61 Å². The summed E-state index contributed by atoms with van der Waals surface area (Å²) < 4.78 is 10.9. The molecular formula is C13H18O4. The topological polar surface area (TPSA) is 58.9 Å². The fourth-order valence-corrected chi connectivity index (χ4v) is 1.99. The van der Waals surface area contributed by atoms with E-state index in [1.165, 1.54) is 0 Å². The van der Waals surface area contributed by atoms with Crippen LogP contribution in [0.4, 0.5) is 0 Å². The van der Waals surface area contributed by atoms with Gasteiger partial charge in [-0.1, -0.05) is 30.3 Å². The first kappa shape index (κ1) is 12.5. The lowest BCUT2D eigenvalue weighted by atomic mass is 10.1. The maximum atomic E-state index is 9.46. The van der Waals surface area contributed by atoms with Crippen molar-refractivity contribution in [3.63, 3.8) is 0 Å². The van der Waals surface area contributed by atoms with Crippen LogP contribution >= 0.6 is 0 Å². The van der Waals surface area contributed by atoms with Crippen molar-refractivity contribution < 1.29 is 19.7 Å². The average Bonchev–Trinajstić information content (AvgIpc) is 2.37. The van der Waals surface area contributed by atoms with Crippen LogP contribution < -0.4 is 0 Å². The van der Waals surface area contributed by atoms with E-state index in [4.69, 9.17) is 14.6 Å². The summed E-state index contributed by atoms with van der Waals surface area (Å²) in [6.45, 7) is 0.443. The molecule has 1 heterocycles. The molecule has 0 bridgehead atoms. The van der Waals surface area contributed by atoms with Crippen LogP contribution in [0, 0.1) is 0 Å². The molecule has 1 saturated heterocycles. The van der Waals surface area contributed by atoms with Gasteiger partial charge in [-0.3, -0.25) is 0 Å². The third kappa shape index (κ3) is 3.78. The lowest BCUT2D eigenvalue weighted by molar-refractivity contribution is -0.206. The van der Waals surface area contributed by atoms with E-state index in [0.29, 0.717) is 19.4 Å². The van der Waals surface area contributed by atoms with E-state index in [-0.39, 0.29) is 18.8 Å². The van der Waals surface area contributed by atoms with E-state index in [0.717, 1.165) is 5.56 Å². The number of aliphatic hydroxyl groups excluding tert-OH is 2. The summed E-state index contributed by atoms with van der Waals surface area (Å²) in [5.74, 6) is 0. The van der Waals surface area contributed by atoms with E-state index in [1.807, 2.05) is 30.3 Å². The van der Waals surface area contributed by atoms with Crippen molar-refractivity contribution in [2.45, 2.75) is 37.9 Å². The Morgan fingerprint density at radius 1 is 1.24 bits per heavy atom. The van der Waals surface area contributed by atoms with Crippen molar-refractivity contribution >= 4 is 0 Å². The Labute approximate surface area is 101 Å². The molecule has 0 aromatic heterocycles. The van der Waals surface area contributed by atoms with Gasteiger partial charge in [0.1, 0.15) is 0 Å². The van der Waals surface area contributed by atoms with Gasteiger partial charge in [-0.15, -0.1) is 0 Å². The Morgan fingerprint density at radius 2 is 2.00 bits per heavy atom. The molecule has 0 saturated carbocycles. The fourth-order valence-electron chi connectivity index (χ4n) is 1.99. The van der Waals surface area contributed by atoms with Crippen molar-refractivity contribution in [3.8, 4) is 0 Å². The summed E-state index contributed by atoms with van der Waals surface area (Å²) in [4.78, 5) is 0. The largest absolute Gasteiger partial charge is 0.394 e. The summed E-state index contributed by atoms with van der Waals surface area (Å²) >= 11 is 0. The zero-order valence-corrected chi connectivity index (χ0v) is 9.66. The minimum Gasteiger partial charge on any atom is -0.394 e. The highest BCUT2D eigenvalue weighted by molar-refractivity contribution is 5.13. The lowest BCUT2D eigenvalue weighted by Gasteiger charge is -2.31. The van der Waals surface area contributed by atoms with Gasteiger partial charge in [0, 0.05) is 12.8 Å². The highest BCUT2D eigenvalue weighted by atomic mass is 16.6. The average molecular weight is 238 g/mol. The number of benzene rings is 1. The minimum atomic E-state index is -0.832. The van der Waals surface area contributed by atoms with Gasteiger partial charge in [0.05, 0.1) is 25.4 Å². The van der Waals surface area contributed by atoms with Crippen molar-refractivity contribution in [2.24, 2.45) is 0 Å². The number of hydrogen-bond donors (Lipinski definition) is 2. The molecule has 1 aliphatic heterocycles. The second-order valence-corrected chi connectivity index (χ2v) is 4.29. The molecule has 4 heteroatoms. The third-order valence-electron chi connectivity index (χ3n) is 2.87. The van der Waals surface area contributed by atoms with Crippen LogP contribution in [-0.2, 0) is 16.1 Å². The molecule has 94 valence electrons. The van der Waals surface area contributed by atoms with Crippen LogP contribution in [0.5, 0.6) is 0 Å². The Hall–Kier alpha value is -0.940. The van der Waals surface area contributed by atoms with Crippen LogP contribution in [0.2, 0.25) is 0 Å². The monoisotopic (exact) mass is 238 g/mol. The molecule has 2 N–H and O–H groups in total. The van der Waals surface area contributed by atoms with Crippen LogP contribution in [0.3, 0.4) is 0 Å². The maximum Gasteiger partial charge on any atom is 0.157 e. The molecule has 0 aliphatic carbocycles. The van der Waals surface area contributed by atoms with Gasteiger partial charge in [0.15, 0.2) is 6.29 Å². The molecule has 2 rings (SSSR count). The Balaban J connectivity index is 1.82. The molecule has 0 amide bonds. The summed E-state index contributed by atoms with van der Waals surface area (Å²) in [5, 5.41) is 18.5. The van der Waals surface area contributed by atoms with Crippen molar-refractivity contribution in [1.82, 2.24) is 0 Å². The SMILES string of the molecule is OC[C@@H]1C[C@H](OCc2ccccc2)C[C@@H](O)O1. The normalized spacial score (nSPS) is 29.2. The van der Waals surface area contributed by atoms with Crippen LogP contribution in [0.15, 0.2) is 30.3 Å². The van der Waals surface area contributed by atoms with Gasteiger partial charge < -0.3 is 19.7 Å². The molecule has 4 nitrogen and oxygen atoms in total. The predicted molar refractivity (Wildman–Crippen MR) is 62.2 cm³/mol. The van der Waals surface area contributed by atoms with E-state index in [1.54, 1.807) is 0 Å². The number of ether oxygens (including phenoxy) is 2. The number of rotatable bonds is 4. The van der Waals surface area contributed by atoms with Crippen LogP contribution in [0.1, 0.15) is 18.4 Å². The fraction of sp³-hybridized carbons (Fsp3) is 0.538. The van der Waals surface area contributed by atoms with E-state index in [2.05, 4.69) is 0 Å². The van der Waals surface area contributed by atoms with Crippen molar-refractivity contribution in [1.29, 1.82) is 0 Å². The first-order chi connectivity index (χ1) is 8.28. The zero-order valence-electron chi connectivity index (χ0n) is 9.66. The molecule has 0 unspecified atom stereocenters. The van der Waals surface area contributed by atoms with Gasteiger partial charge >= 0.3 is 0 Å². The molecular weight excluding hydrogens is 220 g/mol. The number of aliphatic hydroxyl groups is 2. The zero-order chi connectivity index (χ0) is 12.1. The first-order valence-corrected chi connectivity index (χ1v) is 5.88. The molecule has 1 aliphatic rings.